The summed E-state index contributed by atoms with van der Waals surface area (Å²) in [6.45, 7) is 6.46. The zero-order chi connectivity index (χ0) is 12.9. The Morgan fingerprint density at radius 1 is 1.39 bits per heavy atom. The van der Waals surface area contributed by atoms with Crippen LogP contribution in [0.2, 0.25) is 0 Å². The first-order valence-corrected chi connectivity index (χ1v) is 7.10. The molecule has 0 aromatic carbocycles. The third kappa shape index (κ3) is 1.80. The van der Waals surface area contributed by atoms with E-state index in [1.807, 2.05) is 6.07 Å². The van der Waals surface area contributed by atoms with Crippen LogP contribution in [0, 0.1) is 5.41 Å². The first-order valence-electron chi connectivity index (χ1n) is 6.29. The molecule has 0 fully saturated rings. The molecule has 0 radical (unpaired) electrons. The van der Waals surface area contributed by atoms with Crippen molar-refractivity contribution in [1.29, 1.82) is 0 Å². The SMILES string of the molecule is CC(C)(C)C(N)c1nc2c(s1)CCc1occc1-2. The minimum absolute atomic E-state index is 0.0107. The fraction of sp³-hybridized carbons (Fsp3) is 0.500. The van der Waals surface area contributed by atoms with Crippen LogP contribution in [0.4, 0.5) is 0 Å². The van der Waals surface area contributed by atoms with Crippen molar-refractivity contribution in [2.75, 3.05) is 0 Å². The van der Waals surface area contributed by atoms with E-state index in [0.29, 0.717) is 0 Å². The van der Waals surface area contributed by atoms with Crippen LogP contribution >= 0.6 is 11.3 Å². The summed E-state index contributed by atoms with van der Waals surface area (Å²) < 4.78 is 5.48. The summed E-state index contributed by atoms with van der Waals surface area (Å²) in [6, 6.07) is 2.00. The van der Waals surface area contributed by atoms with Gasteiger partial charge in [-0.3, -0.25) is 0 Å². The third-order valence-electron chi connectivity index (χ3n) is 3.49. The second kappa shape index (κ2) is 3.93. The molecule has 0 bridgehead atoms. The van der Waals surface area contributed by atoms with Crippen LogP contribution in [0.1, 0.15) is 42.5 Å². The van der Waals surface area contributed by atoms with Crippen LogP contribution in [-0.2, 0) is 12.8 Å². The molecule has 0 saturated carbocycles. The largest absolute Gasteiger partial charge is 0.469 e. The van der Waals surface area contributed by atoms with E-state index in [9.17, 15) is 0 Å². The van der Waals surface area contributed by atoms with E-state index in [4.69, 9.17) is 15.1 Å². The van der Waals surface area contributed by atoms with Gasteiger partial charge in [0.15, 0.2) is 0 Å². The third-order valence-corrected chi connectivity index (χ3v) is 4.69. The van der Waals surface area contributed by atoms with Crippen molar-refractivity contribution in [3.8, 4) is 11.3 Å². The van der Waals surface area contributed by atoms with Crippen LogP contribution in [0.25, 0.3) is 11.3 Å². The summed E-state index contributed by atoms with van der Waals surface area (Å²) in [5.74, 6) is 1.06. The molecule has 96 valence electrons. The Bertz CT molecular complexity index is 577. The molecular weight excluding hydrogens is 244 g/mol. The molecule has 4 heteroatoms. The molecule has 3 nitrogen and oxygen atoms in total. The molecule has 0 aliphatic heterocycles. The van der Waals surface area contributed by atoms with Crippen LogP contribution < -0.4 is 5.73 Å². The number of fused-ring (bicyclic) bond motifs is 3. The minimum Gasteiger partial charge on any atom is -0.469 e. The number of hydrogen-bond acceptors (Lipinski definition) is 4. The summed E-state index contributed by atoms with van der Waals surface area (Å²) in [4.78, 5) is 6.11. The van der Waals surface area contributed by atoms with Crippen molar-refractivity contribution in [1.82, 2.24) is 4.98 Å². The Hall–Kier alpha value is -1.13. The lowest BCUT2D eigenvalue weighted by Gasteiger charge is -2.24. The molecule has 2 N–H and O–H groups in total. The first kappa shape index (κ1) is 11.9. The zero-order valence-electron chi connectivity index (χ0n) is 11.0. The summed E-state index contributed by atoms with van der Waals surface area (Å²) >= 11 is 1.76. The van der Waals surface area contributed by atoms with E-state index in [0.717, 1.165) is 34.9 Å². The number of rotatable bonds is 1. The van der Waals surface area contributed by atoms with Crippen molar-refractivity contribution in [2.45, 2.75) is 39.7 Å². The van der Waals surface area contributed by atoms with Crippen LogP contribution in [0.15, 0.2) is 16.7 Å². The highest BCUT2D eigenvalue weighted by molar-refractivity contribution is 7.12. The lowest BCUT2D eigenvalue weighted by molar-refractivity contribution is 0.326. The van der Waals surface area contributed by atoms with Gasteiger partial charge in [-0.05, 0) is 17.9 Å². The highest BCUT2D eigenvalue weighted by Gasteiger charge is 2.29. The molecule has 1 aliphatic carbocycles. The van der Waals surface area contributed by atoms with Crippen molar-refractivity contribution in [3.63, 3.8) is 0 Å². The number of hydrogen-bond donors (Lipinski definition) is 1. The van der Waals surface area contributed by atoms with E-state index >= 15 is 0 Å². The van der Waals surface area contributed by atoms with Gasteiger partial charge in [0, 0.05) is 16.9 Å². The van der Waals surface area contributed by atoms with E-state index in [1.54, 1.807) is 17.6 Å². The number of aromatic nitrogens is 1. The molecule has 1 unspecified atom stereocenters. The smallest absolute Gasteiger partial charge is 0.113 e. The Morgan fingerprint density at radius 2 is 2.17 bits per heavy atom. The van der Waals surface area contributed by atoms with Crippen molar-refractivity contribution in [2.24, 2.45) is 11.1 Å². The molecule has 0 saturated heterocycles. The summed E-state index contributed by atoms with van der Waals surface area (Å²) in [5, 5.41) is 1.04. The maximum Gasteiger partial charge on any atom is 0.113 e. The predicted octanol–water partition coefficient (Wildman–Crippen LogP) is 3.55. The lowest BCUT2D eigenvalue weighted by Crippen LogP contribution is -2.26. The predicted molar refractivity (Wildman–Crippen MR) is 73.6 cm³/mol. The topological polar surface area (TPSA) is 52.0 Å². The minimum atomic E-state index is -0.0107. The van der Waals surface area contributed by atoms with Crippen molar-refractivity contribution >= 4 is 11.3 Å². The number of aryl methyl sites for hydroxylation is 2. The van der Waals surface area contributed by atoms with Gasteiger partial charge in [0.05, 0.1) is 18.0 Å². The number of nitrogens with two attached hydrogens (primary N) is 1. The molecule has 2 aromatic rings. The van der Waals surface area contributed by atoms with E-state index in [2.05, 4.69) is 20.8 Å². The summed E-state index contributed by atoms with van der Waals surface area (Å²) in [6.07, 6.45) is 3.74. The number of nitrogens with zero attached hydrogens (tertiary/aromatic N) is 1. The second-order valence-corrected chi connectivity index (χ2v) is 7.04. The van der Waals surface area contributed by atoms with Gasteiger partial charge >= 0.3 is 0 Å². The average molecular weight is 262 g/mol. The van der Waals surface area contributed by atoms with E-state index < -0.39 is 0 Å². The molecule has 2 aromatic heterocycles. The summed E-state index contributed by atoms with van der Waals surface area (Å²) in [7, 11) is 0. The molecule has 0 amide bonds. The molecule has 3 rings (SSSR count). The zero-order valence-corrected chi connectivity index (χ0v) is 11.8. The summed E-state index contributed by atoms with van der Waals surface area (Å²) in [5.41, 5.74) is 8.59. The Labute approximate surface area is 111 Å². The lowest BCUT2D eigenvalue weighted by atomic mass is 9.88. The maximum atomic E-state index is 6.30. The van der Waals surface area contributed by atoms with Crippen molar-refractivity contribution < 1.29 is 4.42 Å². The quantitative estimate of drug-likeness (QED) is 0.855. The second-order valence-electron chi connectivity index (χ2n) is 5.93. The van der Waals surface area contributed by atoms with Gasteiger partial charge in [-0.1, -0.05) is 20.8 Å². The average Bonchev–Trinajstić information content (AvgIpc) is 2.91. The van der Waals surface area contributed by atoms with Crippen LogP contribution in [0.3, 0.4) is 0 Å². The molecule has 0 spiro atoms. The maximum absolute atomic E-state index is 6.30. The van der Waals surface area contributed by atoms with E-state index in [1.165, 1.54) is 4.88 Å². The van der Waals surface area contributed by atoms with Gasteiger partial charge in [-0.15, -0.1) is 11.3 Å². The standard InChI is InChI=1S/C14H18N2OS/c1-14(2,3)12(15)13-16-11-8-6-7-17-9(8)4-5-10(11)18-13/h6-7,12H,4-5,15H2,1-3H3. The normalized spacial score (nSPS) is 16.2. The van der Waals surface area contributed by atoms with Gasteiger partial charge in [0.2, 0.25) is 0 Å². The number of furan rings is 1. The molecule has 18 heavy (non-hydrogen) atoms. The number of thiazole rings is 1. The highest BCUT2D eigenvalue weighted by atomic mass is 32.1. The fourth-order valence-corrected chi connectivity index (χ4v) is 3.55. The van der Waals surface area contributed by atoms with Gasteiger partial charge in [-0.25, -0.2) is 4.98 Å². The Morgan fingerprint density at radius 3 is 2.89 bits per heavy atom. The molecule has 2 heterocycles. The van der Waals surface area contributed by atoms with Crippen LogP contribution in [0.5, 0.6) is 0 Å². The fourth-order valence-electron chi connectivity index (χ4n) is 2.23. The highest BCUT2D eigenvalue weighted by Crippen LogP contribution is 2.41. The molecular formula is C14H18N2OS. The molecule has 1 atom stereocenters. The van der Waals surface area contributed by atoms with Gasteiger partial charge in [-0.2, -0.15) is 0 Å². The van der Waals surface area contributed by atoms with Crippen LogP contribution in [-0.4, -0.2) is 4.98 Å². The first-order chi connectivity index (χ1) is 8.47. The monoisotopic (exact) mass is 262 g/mol. The Balaban J connectivity index is 2.04. The van der Waals surface area contributed by atoms with E-state index in [-0.39, 0.29) is 11.5 Å². The molecule has 1 aliphatic rings. The van der Waals surface area contributed by atoms with Gasteiger partial charge < -0.3 is 10.2 Å². The van der Waals surface area contributed by atoms with Gasteiger partial charge in [0.25, 0.3) is 0 Å². The van der Waals surface area contributed by atoms with Crippen molar-refractivity contribution in [3.05, 3.63) is 28.0 Å². The van der Waals surface area contributed by atoms with Gasteiger partial charge in [0.1, 0.15) is 10.8 Å². The Kier molecular flexibility index (Phi) is 2.61.